The number of hydrogen-bond donors (Lipinski definition) is 2. The van der Waals surface area contributed by atoms with Gasteiger partial charge in [0.2, 0.25) is 0 Å². The van der Waals surface area contributed by atoms with E-state index in [1.807, 2.05) is 48.5 Å². The SMILES string of the molecule is Nc1c(C#CC(c2ccccc2)(c2ccccc2)c2ccccc2)ccc(C#CC(c2ccccc2)(c2ccccc2)c2ccccc2)c1N. The molecule has 50 heavy (non-hydrogen) atoms. The Kier molecular flexibility index (Phi) is 9.02. The van der Waals surface area contributed by atoms with E-state index in [1.165, 1.54) is 0 Å². The molecular formula is C48H36N2. The van der Waals surface area contributed by atoms with Crippen LogP contribution in [0.15, 0.2) is 194 Å². The third kappa shape index (κ3) is 5.92. The summed E-state index contributed by atoms with van der Waals surface area (Å²) in [5, 5.41) is 0. The molecule has 2 nitrogen and oxygen atoms in total. The van der Waals surface area contributed by atoms with Crippen molar-refractivity contribution in [3.63, 3.8) is 0 Å². The molecule has 0 spiro atoms. The summed E-state index contributed by atoms with van der Waals surface area (Å²) < 4.78 is 0. The van der Waals surface area contributed by atoms with Gasteiger partial charge in [-0.1, -0.05) is 206 Å². The minimum atomic E-state index is -0.746. The van der Waals surface area contributed by atoms with Crippen LogP contribution in [-0.2, 0) is 10.8 Å². The molecule has 0 aliphatic rings. The van der Waals surface area contributed by atoms with Gasteiger partial charge < -0.3 is 11.5 Å². The minimum Gasteiger partial charge on any atom is -0.396 e. The zero-order chi connectivity index (χ0) is 34.2. The predicted molar refractivity (Wildman–Crippen MR) is 207 cm³/mol. The Balaban J connectivity index is 1.38. The van der Waals surface area contributed by atoms with E-state index < -0.39 is 10.8 Å². The highest BCUT2D eigenvalue weighted by atomic mass is 14.7. The molecule has 0 unspecified atom stereocenters. The summed E-state index contributed by atoms with van der Waals surface area (Å²) in [4.78, 5) is 0. The Morgan fingerprint density at radius 1 is 0.280 bits per heavy atom. The third-order valence-electron chi connectivity index (χ3n) is 9.30. The van der Waals surface area contributed by atoms with E-state index in [4.69, 9.17) is 11.5 Å². The first kappa shape index (κ1) is 31.8. The standard InChI is InChI=1S/C48H36N2/c49-45-37(33-35-47(39-19-7-1-8-20-39,40-21-9-2-10-22-40)41-23-11-3-12-24-41)31-32-38(46(45)50)34-36-48(42-25-13-4-14-26-42,43-27-15-5-16-28-43)44-29-17-6-18-30-44/h1-32H,49-50H2. The maximum Gasteiger partial charge on any atom is 0.107 e. The van der Waals surface area contributed by atoms with Crippen molar-refractivity contribution in [2.45, 2.75) is 10.8 Å². The summed E-state index contributed by atoms with van der Waals surface area (Å²) in [7, 11) is 0. The van der Waals surface area contributed by atoms with Crippen molar-refractivity contribution in [3.8, 4) is 23.7 Å². The van der Waals surface area contributed by atoms with Gasteiger partial charge in [0.25, 0.3) is 0 Å². The molecule has 0 aromatic heterocycles. The predicted octanol–water partition coefficient (Wildman–Crippen LogP) is 9.62. The summed E-state index contributed by atoms with van der Waals surface area (Å²) in [6.45, 7) is 0. The molecule has 0 heterocycles. The van der Waals surface area contributed by atoms with Gasteiger partial charge in [0.15, 0.2) is 0 Å². The lowest BCUT2D eigenvalue weighted by molar-refractivity contribution is 0.809. The Labute approximate surface area is 295 Å². The van der Waals surface area contributed by atoms with Crippen LogP contribution < -0.4 is 11.5 Å². The molecule has 7 aromatic carbocycles. The minimum absolute atomic E-state index is 0.414. The summed E-state index contributed by atoms with van der Waals surface area (Å²) in [5.41, 5.74) is 20.7. The lowest BCUT2D eigenvalue weighted by atomic mass is 9.70. The maximum absolute atomic E-state index is 6.81. The van der Waals surface area contributed by atoms with Crippen LogP contribution in [0.1, 0.15) is 44.5 Å². The van der Waals surface area contributed by atoms with Crippen LogP contribution in [0.2, 0.25) is 0 Å². The van der Waals surface area contributed by atoms with Crippen molar-refractivity contribution in [3.05, 3.63) is 239 Å². The number of benzene rings is 7. The third-order valence-corrected chi connectivity index (χ3v) is 9.30. The number of hydrogen-bond acceptors (Lipinski definition) is 2. The lowest BCUT2D eigenvalue weighted by Crippen LogP contribution is -2.27. The molecule has 0 radical (unpaired) electrons. The van der Waals surface area contributed by atoms with E-state index in [0.717, 1.165) is 33.4 Å². The van der Waals surface area contributed by atoms with Gasteiger partial charge in [-0.05, 0) is 45.5 Å². The molecule has 2 heteroatoms. The summed E-state index contributed by atoms with van der Waals surface area (Å²) >= 11 is 0. The van der Waals surface area contributed by atoms with Gasteiger partial charge in [-0.3, -0.25) is 0 Å². The van der Waals surface area contributed by atoms with Crippen LogP contribution >= 0.6 is 0 Å². The van der Waals surface area contributed by atoms with Crippen molar-refractivity contribution in [2.24, 2.45) is 0 Å². The number of nitrogen functional groups attached to an aromatic ring is 2. The van der Waals surface area contributed by atoms with Gasteiger partial charge in [-0.2, -0.15) is 0 Å². The first-order valence-corrected chi connectivity index (χ1v) is 16.7. The van der Waals surface area contributed by atoms with Gasteiger partial charge in [0.1, 0.15) is 10.8 Å². The highest BCUT2D eigenvalue weighted by Gasteiger charge is 2.36. The first-order chi connectivity index (χ1) is 24.6. The maximum atomic E-state index is 6.81. The molecule has 0 saturated carbocycles. The molecule has 0 amide bonds. The van der Waals surface area contributed by atoms with Crippen molar-refractivity contribution in [1.82, 2.24) is 0 Å². The van der Waals surface area contributed by atoms with Gasteiger partial charge in [-0.15, -0.1) is 0 Å². The smallest absolute Gasteiger partial charge is 0.107 e. The molecule has 0 aliphatic heterocycles. The first-order valence-electron chi connectivity index (χ1n) is 16.7. The molecule has 238 valence electrons. The quantitative estimate of drug-likeness (QED) is 0.108. The Hall–Kier alpha value is -6.74. The normalized spacial score (nSPS) is 11.0. The Bertz CT molecular complexity index is 1950. The largest absolute Gasteiger partial charge is 0.396 e. The lowest BCUT2D eigenvalue weighted by Gasteiger charge is -2.31. The van der Waals surface area contributed by atoms with E-state index in [-0.39, 0.29) is 0 Å². The van der Waals surface area contributed by atoms with Crippen molar-refractivity contribution in [1.29, 1.82) is 0 Å². The van der Waals surface area contributed by atoms with Crippen LogP contribution in [-0.4, -0.2) is 0 Å². The number of anilines is 2. The van der Waals surface area contributed by atoms with E-state index in [9.17, 15) is 0 Å². The second-order valence-electron chi connectivity index (χ2n) is 12.2. The highest BCUT2D eigenvalue weighted by Crippen LogP contribution is 2.40. The van der Waals surface area contributed by atoms with Crippen LogP contribution in [0.4, 0.5) is 11.4 Å². The summed E-state index contributed by atoms with van der Waals surface area (Å²) in [6, 6.07) is 66.2. The molecule has 4 N–H and O–H groups in total. The highest BCUT2D eigenvalue weighted by molar-refractivity contribution is 5.78. The monoisotopic (exact) mass is 640 g/mol. The van der Waals surface area contributed by atoms with E-state index in [0.29, 0.717) is 22.5 Å². The summed E-state index contributed by atoms with van der Waals surface area (Å²) in [5.74, 6) is 14.3. The summed E-state index contributed by atoms with van der Waals surface area (Å²) in [6.07, 6.45) is 0. The fraction of sp³-hybridized carbons (Fsp3) is 0.0417. The van der Waals surface area contributed by atoms with Crippen LogP contribution in [0, 0.1) is 23.7 Å². The van der Waals surface area contributed by atoms with Crippen LogP contribution in [0.5, 0.6) is 0 Å². The Morgan fingerprint density at radius 3 is 0.680 bits per heavy atom. The second kappa shape index (κ2) is 14.2. The fourth-order valence-electron chi connectivity index (χ4n) is 6.74. The fourth-order valence-corrected chi connectivity index (χ4v) is 6.74. The van der Waals surface area contributed by atoms with Crippen molar-refractivity contribution in [2.75, 3.05) is 11.5 Å². The average molecular weight is 641 g/mol. The molecule has 0 fully saturated rings. The van der Waals surface area contributed by atoms with Gasteiger partial charge >= 0.3 is 0 Å². The van der Waals surface area contributed by atoms with Gasteiger partial charge in [0, 0.05) is 11.1 Å². The van der Waals surface area contributed by atoms with Gasteiger partial charge in [0.05, 0.1) is 11.4 Å². The molecule has 7 aromatic rings. The Morgan fingerprint density at radius 2 is 0.480 bits per heavy atom. The topological polar surface area (TPSA) is 52.0 Å². The van der Waals surface area contributed by atoms with Crippen LogP contribution in [0.25, 0.3) is 0 Å². The average Bonchev–Trinajstić information content (AvgIpc) is 3.20. The molecule has 0 bridgehead atoms. The van der Waals surface area contributed by atoms with Crippen molar-refractivity contribution < 1.29 is 0 Å². The van der Waals surface area contributed by atoms with E-state index in [2.05, 4.69) is 169 Å². The van der Waals surface area contributed by atoms with Gasteiger partial charge in [-0.25, -0.2) is 0 Å². The molecular weight excluding hydrogens is 605 g/mol. The number of rotatable bonds is 6. The van der Waals surface area contributed by atoms with Crippen molar-refractivity contribution >= 4 is 11.4 Å². The molecule has 0 aliphatic carbocycles. The number of nitrogens with two attached hydrogens (primary N) is 2. The molecule has 0 atom stereocenters. The van der Waals surface area contributed by atoms with Crippen LogP contribution in [0.3, 0.4) is 0 Å². The zero-order valence-electron chi connectivity index (χ0n) is 27.6. The second-order valence-corrected chi connectivity index (χ2v) is 12.2. The van der Waals surface area contributed by atoms with E-state index in [1.54, 1.807) is 0 Å². The zero-order valence-corrected chi connectivity index (χ0v) is 27.6. The molecule has 0 saturated heterocycles. The molecule has 7 rings (SSSR count). The van der Waals surface area contributed by atoms with E-state index >= 15 is 0 Å².